The number of phenolic OH excluding ortho intramolecular Hbond substituents is 1. The average molecular weight is 1810 g/mol. The summed E-state index contributed by atoms with van der Waals surface area (Å²) in [5.74, 6) is 1.36. The number of aliphatic hydroxyl groups is 2. The minimum Gasteiger partial charge on any atom is -0.508 e. The number of benzene rings is 7. The summed E-state index contributed by atoms with van der Waals surface area (Å²) in [4.78, 5) is 70.6. The number of amides is 2. The number of carbonyl (C=O) groups excluding carboxylic acids is 6. The van der Waals surface area contributed by atoms with Crippen LogP contribution in [-0.4, -0.2) is 192 Å². The van der Waals surface area contributed by atoms with Crippen LogP contribution in [0.2, 0.25) is 10.0 Å². The molecule has 7 aromatic carbocycles. The molecule has 0 bridgehead atoms. The van der Waals surface area contributed by atoms with Crippen LogP contribution in [0.4, 0.5) is 11.4 Å². The van der Waals surface area contributed by atoms with Gasteiger partial charge in [0, 0.05) is 57.4 Å². The molecule has 126 heavy (non-hydrogen) atoms. The number of anilines is 2. The first-order valence-corrected chi connectivity index (χ1v) is 40.1. The molecule has 680 valence electrons. The van der Waals surface area contributed by atoms with Gasteiger partial charge in [0.05, 0.1) is 61.9 Å². The molecule has 4 unspecified atom stereocenters. The van der Waals surface area contributed by atoms with Crippen LogP contribution in [0, 0.1) is 0 Å². The quantitative estimate of drug-likeness (QED) is 0.0133. The minimum absolute atomic E-state index is 0. The lowest BCUT2D eigenvalue weighted by Crippen LogP contribution is -2.25. The fourth-order valence-electron chi connectivity index (χ4n) is 11.4. The van der Waals surface area contributed by atoms with Crippen LogP contribution in [-0.2, 0) is 42.7 Å². The number of halogens is 2. The van der Waals surface area contributed by atoms with E-state index in [2.05, 4.69) is 26.1 Å². The molecule has 13 rings (SSSR count). The zero-order valence-electron chi connectivity index (χ0n) is 72.0. The molecule has 33 nitrogen and oxygen atoms in total. The summed E-state index contributed by atoms with van der Waals surface area (Å²) in [6.45, 7) is 26.6. The minimum atomic E-state index is -0.941. The number of nitrogens with zero attached hydrogens (tertiary/aromatic N) is 3. The van der Waals surface area contributed by atoms with Gasteiger partial charge in [-0.1, -0.05) is 38.7 Å². The maximum Gasteiger partial charge on any atom is 0.360 e. The van der Waals surface area contributed by atoms with Gasteiger partial charge in [0.1, 0.15) is 97.5 Å². The van der Waals surface area contributed by atoms with Crippen LogP contribution in [0.15, 0.2) is 189 Å². The SMILES string of the molecule is CC(=O)c1ccc(O)cc1.CC(C)Oc1ccc(NC(=O)c2cc(-c3ccc(OCC(O)CO)cc3)on2)cc1Cl.CC(C)Oc1ccc(NC(=O)c2cc(-c3ccc(OCC4COC(C)(C)O4)cc3)on2)cc1Cl.CCOC(=O)CC(=O)c1ccc(OCC2COC(C)(C)O2)cc1.CCOC(=O)c1cc(-c2ccc(OCC3COC(C)(C)O3)cc2)on1.N.O.S. The second-order valence-electron chi connectivity index (χ2n) is 29.5. The summed E-state index contributed by atoms with van der Waals surface area (Å²) in [7, 11) is 0. The molecule has 3 aromatic heterocycles. The van der Waals surface area contributed by atoms with Crippen LogP contribution in [0.3, 0.4) is 0 Å². The van der Waals surface area contributed by atoms with E-state index in [1.54, 1.807) is 123 Å². The number of hydrogen-bond acceptors (Lipinski definition) is 30. The molecule has 0 radical (unpaired) electrons. The van der Waals surface area contributed by atoms with E-state index in [1.165, 1.54) is 25.1 Å². The molecule has 3 aliphatic heterocycles. The highest BCUT2D eigenvalue weighted by Crippen LogP contribution is 2.34. The summed E-state index contributed by atoms with van der Waals surface area (Å²) in [6.07, 6.45) is -1.53. The van der Waals surface area contributed by atoms with Gasteiger partial charge in [-0.2, -0.15) is 13.5 Å². The topological polar surface area (TPSA) is 461 Å². The van der Waals surface area contributed by atoms with Gasteiger partial charge in [-0.05, 0) is 248 Å². The van der Waals surface area contributed by atoms with Crippen LogP contribution in [0.1, 0.15) is 149 Å². The van der Waals surface area contributed by atoms with Gasteiger partial charge in [0.25, 0.3) is 11.8 Å². The predicted molar refractivity (Wildman–Crippen MR) is 471 cm³/mol. The second-order valence-corrected chi connectivity index (χ2v) is 30.3. The van der Waals surface area contributed by atoms with Crippen LogP contribution >= 0.6 is 36.7 Å². The molecular weight excluding hydrogens is 1700 g/mol. The van der Waals surface area contributed by atoms with Crippen LogP contribution < -0.4 is 45.2 Å². The Kier molecular flexibility index (Phi) is 40.5. The summed E-state index contributed by atoms with van der Waals surface area (Å²) in [6, 6.07) is 49.0. The number of aliphatic hydroxyl groups excluding tert-OH is 2. The third kappa shape index (κ3) is 33.5. The lowest BCUT2D eigenvalue weighted by atomic mass is 10.1. The van der Waals surface area contributed by atoms with Gasteiger partial charge in [-0.25, -0.2) is 4.79 Å². The first-order valence-electron chi connectivity index (χ1n) is 39.4. The number of aromatic hydroxyl groups is 1. The first kappa shape index (κ1) is 103. The van der Waals surface area contributed by atoms with E-state index < -0.39 is 47.2 Å². The zero-order valence-corrected chi connectivity index (χ0v) is 74.5. The number of Topliss-reactive ketones (excluding diaryl/α,β-unsaturated/α-hetero) is 2. The Bertz CT molecular complexity index is 5090. The van der Waals surface area contributed by atoms with Crippen molar-refractivity contribution in [3.05, 3.63) is 214 Å². The fraction of sp³-hybridized carbons (Fsp3) is 0.367. The summed E-state index contributed by atoms with van der Waals surface area (Å²) in [5.41, 5.74) is 4.76. The van der Waals surface area contributed by atoms with Gasteiger partial charge in [0.15, 0.2) is 63.3 Å². The zero-order chi connectivity index (χ0) is 89.0. The van der Waals surface area contributed by atoms with Crippen molar-refractivity contribution in [1.82, 2.24) is 21.6 Å². The number of rotatable bonds is 31. The van der Waals surface area contributed by atoms with E-state index in [1.807, 2.05) is 118 Å². The Morgan fingerprint density at radius 1 is 0.492 bits per heavy atom. The summed E-state index contributed by atoms with van der Waals surface area (Å²) >= 11 is 12.4. The maximum atomic E-state index is 12.6. The molecular formula is C90H108Cl2N6O27S. The van der Waals surface area contributed by atoms with Gasteiger partial charge >= 0.3 is 11.9 Å². The Morgan fingerprint density at radius 3 is 1.17 bits per heavy atom. The smallest absolute Gasteiger partial charge is 0.360 e. The molecule has 10 aromatic rings. The molecule has 10 N–H and O–H groups in total. The van der Waals surface area contributed by atoms with Crippen LogP contribution in [0.25, 0.3) is 34.0 Å². The number of nitrogens with one attached hydrogen (secondary N) is 2. The fourth-order valence-corrected chi connectivity index (χ4v) is 11.8. The van der Waals surface area contributed by atoms with Crippen molar-refractivity contribution in [2.24, 2.45) is 0 Å². The highest BCUT2D eigenvalue weighted by atomic mass is 35.5. The van der Waals surface area contributed by atoms with E-state index in [-0.39, 0.29) is 116 Å². The molecule has 4 atom stereocenters. The number of phenols is 1. The molecule has 0 saturated carbocycles. The van der Waals surface area contributed by atoms with Crippen molar-refractivity contribution in [1.29, 1.82) is 0 Å². The predicted octanol–water partition coefficient (Wildman–Crippen LogP) is 15.8. The number of aromatic nitrogens is 3. The van der Waals surface area contributed by atoms with Crippen molar-refractivity contribution in [3.8, 4) is 74.2 Å². The third-order valence-electron chi connectivity index (χ3n) is 17.2. The van der Waals surface area contributed by atoms with Gasteiger partial charge in [0.2, 0.25) is 0 Å². The summed E-state index contributed by atoms with van der Waals surface area (Å²) < 4.78 is 92.7. The van der Waals surface area contributed by atoms with E-state index in [9.17, 15) is 33.9 Å². The maximum absolute atomic E-state index is 12.6. The lowest BCUT2D eigenvalue weighted by Gasteiger charge is -2.17. The third-order valence-corrected chi connectivity index (χ3v) is 17.8. The van der Waals surface area contributed by atoms with Crippen molar-refractivity contribution in [2.45, 2.75) is 150 Å². The average Bonchev–Trinajstić information content (AvgIpc) is 1.70. The molecule has 6 heterocycles. The van der Waals surface area contributed by atoms with Crippen molar-refractivity contribution < 1.29 is 129 Å². The molecule has 3 fully saturated rings. The number of ether oxygens (including phenoxy) is 14. The molecule has 36 heteroatoms. The normalized spacial score (nSPS) is 15.6. The van der Waals surface area contributed by atoms with E-state index in [0.717, 1.165) is 11.1 Å². The molecule has 0 spiro atoms. The Labute approximate surface area is 746 Å². The summed E-state index contributed by atoms with van der Waals surface area (Å²) in [5, 5.41) is 44.7. The first-order chi connectivity index (χ1) is 58.6. The van der Waals surface area contributed by atoms with Gasteiger partial charge in [-0.3, -0.25) is 24.0 Å². The number of esters is 2. The standard InChI is InChI=1S/C25H27ClN2O6.C22H23ClN2O6.C18H21NO6.C17H22O6.C8H8O2.H3N.H2O.H2S/c1-15(2)32-22-10-7-17(11-20(22)26)27-24(29)21-12-23(34-28-21)16-5-8-18(9-6-16)30-13-19-14-31-25(3,4)33-19;1-13(2)30-20-8-5-15(9-18(20)23)24-22(28)19-10-21(31-25-19)14-3-6-17(7-4-14)29-12-16(27)11-26;1-4-21-17(20)15-9-16(25-19-15)12-5-7-13(8-6-12)22-10-14-11-23-18(2,3)24-14;1-4-20-16(19)9-15(18)12-5-7-13(8-6-12)21-10-14-11-22-17(2,3)23-14;1-6(9)7-2-4-8(10)5-3-7;;;/h5-12,15,19H,13-14H2,1-4H3,(H,27,29);3-10,13,16,26-27H,11-12H2,1-2H3,(H,24,28);5-9,14H,4,10-11H2,1-3H3;5-8,14H,4,9-11H2,1-3H3;2-5,10H,1H3;1H3;2*1H2. The van der Waals surface area contributed by atoms with Crippen molar-refractivity contribution in [2.75, 3.05) is 76.7 Å². The van der Waals surface area contributed by atoms with E-state index in [4.69, 9.17) is 113 Å². The second kappa shape index (κ2) is 49.4. The number of ketones is 2. The van der Waals surface area contributed by atoms with Gasteiger partial charge in [-0.15, -0.1) is 0 Å². The van der Waals surface area contributed by atoms with Gasteiger partial charge < -0.3 is 117 Å². The Hall–Kier alpha value is -11.5. The Balaban J connectivity index is 0.000000250. The molecule has 3 saturated heterocycles. The highest BCUT2D eigenvalue weighted by molar-refractivity contribution is 7.59. The Morgan fingerprint density at radius 2 is 0.841 bits per heavy atom. The number of carbonyl (C=O) groups is 6. The van der Waals surface area contributed by atoms with E-state index in [0.29, 0.717) is 136 Å². The monoisotopic (exact) mass is 1810 g/mol. The largest absolute Gasteiger partial charge is 0.508 e. The van der Waals surface area contributed by atoms with Crippen LogP contribution in [0.5, 0.6) is 40.2 Å². The molecule has 2 amide bonds. The molecule has 0 aliphatic carbocycles. The van der Waals surface area contributed by atoms with E-state index >= 15 is 0 Å². The van der Waals surface area contributed by atoms with Crippen molar-refractivity contribution in [3.63, 3.8) is 0 Å². The molecule has 3 aliphatic rings. The van der Waals surface area contributed by atoms with Crippen molar-refractivity contribution >= 4 is 83.4 Å². The highest BCUT2D eigenvalue weighted by Gasteiger charge is 2.36. The lowest BCUT2D eigenvalue weighted by molar-refractivity contribution is -0.142. The number of hydrogen-bond donors (Lipinski definition) is 6.